The van der Waals surface area contributed by atoms with Crippen LogP contribution in [0.2, 0.25) is 0 Å². The first kappa shape index (κ1) is 90.4. The molecule has 0 aliphatic rings. The predicted molar refractivity (Wildman–Crippen MR) is 428 cm³/mol. The normalized spacial score (nSPS) is 9.46. The molecule has 0 atom stereocenters. The molecule has 0 unspecified atom stereocenters. The Hall–Kier alpha value is -7.00. The van der Waals surface area contributed by atoms with E-state index in [0.717, 1.165) is 19.6 Å². The van der Waals surface area contributed by atoms with Crippen LogP contribution in [0, 0.1) is 0 Å². The molecule has 3 aromatic heterocycles. The Morgan fingerprint density at radius 2 is 0.352 bits per heavy atom. The zero-order valence-corrected chi connectivity index (χ0v) is 64.6. The van der Waals surface area contributed by atoms with Gasteiger partial charge in [-0.3, -0.25) is 0 Å². The van der Waals surface area contributed by atoms with Crippen molar-refractivity contribution in [3.05, 3.63) is 182 Å². The van der Waals surface area contributed by atoms with Gasteiger partial charge in [0.2, 0.25) is 0 Å². The molecule has 12 aromatic rings. The van der Waals surface area contributed by atoms with E-state index in [2.05, 4.69) is 216 Å². The zero-order chi connectivity index (χ0) is 70.8. The van der Waals surface area contributed by atoms with Crippen molar-refractivity contribution in [3.63, 3.8) is 0 Å². The van der Waals surface area contributed by atoms with Crippen molar-refractivity contribution >= 4 is 97.7 Å². The van der Waals surface area contributed by atoms with Gasteiger partial charge in [-0.1, -0.05) is 270 Å². The molecule has 0 spiro atoms. The van der Waals surface area contributed by atoms with Gasteiger partial charge < -0.3 is 33.3 Å². The van der Waals surface area contributed by atoms with Crippen LogP contribution in [-0.2, 0) is 19.6 Å². The largest absolute Gasteiger partial charge is 0.341 e. The van der Waals surface area contributed by atoms with E-state index in [1.54, 1.807) is 0 Å². The summed E-state index contributed by atoms with van der Waals surface area (Å²) >= 11 is 0. The van der Waals surface area contributed by atoms with Crippen LogP contribution < -0.4 is 0 Å². The molecule has 91 heavy (non-hydrogen) atoms. The highest BCUT2D eigenvalue weighted by molar-refractivity contribution is 6.22. The molecule has 0 fully saturated rings. The molecule has 0 saturated heterocycles. The Labute approximate surface area is 559 Å². The van der Waals surface area contributed by atoms with E-state index in [1.807, 2.05) is 229 Å². The first-order valence-corrected chi connectivity index (χ1v) is 34.7. The second kappa shape index (κ2) is 54.7. The molecular formula is C84H135N7. The summed E-state index contributed by atoms with van der Waals surface area (Å²) in [5.41, 5.74) is 8.00. The fourth-order valence-electron chi connectivity index (χ4n) is 9.48. The van der Waals surface area contributed by atoms with Gasteiger partial charge in [0.15, 0.2) is 0 Å². The van der Waals surface area contributed by atoms with Crippen molar-refractivity contribution < 1.29 is 0 Å². The number of nitrogens with zero attached hydrogens (tertiary/aromatic N) is 7. The molecule has 506 valence electrons. The first-order valence-electron chi connectivity index (χ1n) is 34.7. The minimum Gasteiger partial charge on any atom is -0.341 e. The predicted octanol–water partition coefficient (Wildman–Crippen LogP) is 24.8. The lowest BCUT2D eigenvalue weighted by molar-refractivity contribution is 0.505. The minimum absolute atomic E-state index is 1.00. The second-order valence-corrected chi connectivity index (χ2v) is 20.2. The SMILES string of the molecule is CC.CC.CC.CC.CC.CC.CC.CC.CC.CCn1c2ccccc2c2c3ccccc3ccc21.CCn1c2ccccc2c2c3ccccc3ccc21.CCn1c2ccccc2c2c3ccccc3ccc21.CN(C)C.CN(C)C.CN(C)C.CN(C)C. The number of aromatic nitrogens is 3. The van der Waals surface area contributed by atoms with Crippen LogP contribution in [0.3, 0.4) is 0 Å². The topological polar surface area (TPSA) is 27.8 Å². The third kappa shape index (κ3) is 27.8. The molecule has 7 nitrogen and oxygen atoms in total. The summed E-state index contributed by atoms with van der Waals surface area (Å²) < 4.78 is 7.20. The van der Waals surface area contributed by atoms with Crippen molar-refractivity contribution in [1.29, 1.82) is 0 Å². The lowest BCUT2D eigenvalue weighted by Crippen LogP contribution is -1.99. The van der Waals surface area contributed by atoms with Gasteiger partial charge in [0.25, 0.3) is 0 Å². The van der Waals surface area contributed by atoms with Gasteiger partial charge in [-0.15, -0.1) is 0 Å². The van der Waals surface area contributed by atoms with Crippen molar-refractivity contribution in [2.45, 2.75) is 165 Å². The molecule has 9 aromatic carbocycles. The number of aryl methyl sites for hydroxylation is 3. The Balaban J connectivity index is -0.000000503. The van der Waals surface area contributed by atoms with Gasteiger partial charge in [0.05, 0.1) is 0 Å². The fraction of sp³-hybridized carbons (Fsp3) is 0.429. The highest BCUT2D eigenvalue weighted by atomic mass is 15.0. The van der Waals surface area contributed by atoms with Crippen molar-refractivity contribution in [2.75, 3.05) is 84.6 Å². The third-order valence-corrected chi connectivity index (χ3v) is 11.9. The van der Waals surface area contributed by atoms with Gasteiger partial charge in [-0.05, 0) is 174 Å². The van der Waals surface area contributed by atoms with Crippen molar-refractivity contribution in [2.24, 2.45) is 0 Å². The lowest BCUT2D eigenvalue weighted by atomic mass is 10.0. The maximum Gasteiger partial charge on any atom is 0.0497 e. The number of rotatable bonds is 3. The van der Waals surface area contributed by atoms with Crippen LogP contribution in [0.1, 0.15) is 145 Å². The van der Waals surface area contributed by atoms with Gasteiger partial charge in [0.1, 0.15) is 0 Å². The standard InChI is InChI=1S/3C18H15N.4C3H9N.9C2H6/c3*1-2-19-16-10-6-5-9-15(16)18-14-8-4-3-7-13(14)11-12-17(18)19;4*1-4(2)3;9*1-2/h3*3-12H,2H2,1H3;4*1-3H3;9*1-2H3. The van der Waals surface area contributed by atoms with Crippen LogP contribution in [-0.4, -0.2) is 118 Å². The Kier molecular flexibility index (Phi) is 54.4. The highest BCUT2D eigenvalue weighted by Crippen LogP contribution is 2.37. The van der Waals surface area contributed by atoms with Gasteiger partial charge in [-0.25, -0.2) is 0 Å². The quantitative estimate of drug-likeness (QED) is 0.176. The molecule has 0 bridgehead atoms. The van der Waals surface area contributed by atoms with Crippen LogP contribution in [0.25, 0.3) is 97.7 Å². The van der Waals surface area contributed by atoms with Crippen LogP contribution in [0.15, 0.2) is 182 Å². The number of fused-ring (bicyclic) bond motifs is 15. The average molecular weight is 1240 g/mol. The van der Waals surface area contributed by atoms with Crippen LogP contribution >= 0.6 is 0 Å². The molecule has 0 amide bonds. The zero-order valence-electron chi connectivity index (χ0n) is 64.6. The Morgan fingerprint density at radius 1 is 0.198 bits per heavy atom. The number of benzene rings is 9. The van der Waals surface area contributed by atoms with Gasteiger partial charge in [-0.2, -0.15) is 0 Å². The highest BCUT2D eigenvalue weighted by Gasteiger charge is 2.14. The molecule has 0 N–H and O–H groups in total. The van der Waals surface area contributed by atoms with E-state index < -0.39 is 0 Å². The molecule has 12 rings (SSSR count). The molecule has 7 heteroatoms. The maximum atomic E-state index is 2.40. The maximum absolute atomic E-state index is 2.40. The molecular weight excluding hydrogens is 1110 g/mol. The lowest BCUT2D eigenvalue weighted by Gasteiger charge is -2.03. The van der Waals surface area contributed by atoms with Crippen LogP contribution in [0.4, 0.5) is 0 Å². The first-order chi connectivity index (χ1) is 44.1. The van der Waals surface area contributed by atoms with E-state index in [4.69, 9.17) is 0 Å². The molecule has 3 heterocycles. The Bertz CT molecular complexity index is 3260. The van der Waals surface area contributed by atoms with Crippen molar-refractivity contribution in [3.8, 4) is 0 Å². The fourth-order valence-corrected chi connectivity index (χ4v) is 9.48. The van der Waals surface area contributed by atoms with E-state index in [1.165, 1.54) is 97.7 Å². The monoisotopic (exact) mass is 1240 g/mol. The van der Waals surface area contributed by atoms with Crippen molar-refractivity contribution in [1.82, 2.24) is 33.3 Å². The summed E-state index contributed by atoms with van der Waals surface area (Å²) in [6.07, 6.45) is 0. The summed E-state index contributed by atoms with van der Waals surface area (Å²) in [6, 6.07) is 65.4. The van der Waals surface area contributed by atoms with E-state index in [0.29, 0.717) is 0 Å². The second-order valence-electron chi connectivity index (χ2n) is 20.2. The van der Waals surface area contributed by atoms with E-state index in [-0.39, 0.29) is 0 Å². The number of para-hydroxylation sites is 3. The summed E-state index contributed by atoms with van der Waals surface area (Å²) in [7, 11) is 24.0. The molecule has 0 aliphatic carbocycles. The van der Waals surface area contributed by atoms with Gasteiger partial charge in [0, 0.05) is 85.1 Å². The molecule has 0 radical (unpaired) electrons. The summed E-state index contributed by atoms with van der Waals surface area (Å²) in [4.78, 5) is 8.00. The summed E-state index contributed by atoms with van der Waals surface area (Å²) in [5.74, 6) is 0. The Morgan fingerprint density at radius 3 is 0.527 bits per heavy atom. The van der Waals surface area contributed by atoms with E-state index in [9.17, 15) is 0 Å². The van der Waals surface area contributed by atoms with Crippen LogP contribution in [0.5, 0.6) is 0 Å². The summed E-state index contributed by atoms with van der Waals surface area (Å²) in [6.45, 7) is 45.6. The minimum atomic E-state index is 1.00. The summed E-state index contributed by atoms with van der Waals surface area (Å²) in [5, 5.41) is 16.2. The average Bonchev–Trinajstić information content (AvgIpc) is 1.64. The smallest absolute Gasteiger partial charge is 0.0497 e. The number of hydrogen-bond donors (Lipinski definition) is 0. The molecule has 0 saturated carbocycles. The van der Waals surface area contributed by atoms with E-state index >= 15 is 0 Å². The third-order valence-electron chi connectivity index (χ3n) is 11.9. The van der Waals surface area contributed by atoms with Gasteiger partial charge >= 0.3 is 0 Å². The number of hydrogen-bond acceptors (Lipinski definition) is 4. The molecule has 0 aliphatic heterocycles.